The first-order valence-electron chi connectivity index (χ1n) is 12.1. The van der Waals surface area contributed by atoms with Crippen molar-refractivity contribution in [2.75, 3.05) is 6.61 Å². The molecule has 7 heteroatoms. The van der Waals surface area contributed by atoms with Crippen molar-refractivity contribution in [2.24, 2.45) is 0 Å². The van der Waals surface area contributed by atoms with E-state index < -0.39 is 29.9 Å². The van der Waals surface area contributed by atoms with Crippen molar-refractivity contribution in [3.05, 3.63) is 102 Å². The molecule has 0 aliphatic rings. The molecule has 3 aromatic rings. The highest BCUT2D eigenvalue weighted by molar-refractivity contribution is 5.98. The van der Waals surface area contributed by atoms with Crippen LogP contribution in [0.3, 0.4) is 0 Å². The van der Waals surface area contributed by atoms with Crippen LogP contribution in [0, 0.1) is 0 Å². The van der Waals surface area contributed by atoms with Crippen LogP contribution >= 0.6 is 0 Å². The normalized spacial score (nSPS) is 12.2. The van der Waals surface area contributed by atoms with Crippen LogP contribution in [0.15, 0.2) is 84.9 Å². The summed E-state index contributed by atoms with van der Waals surface area (Å²) in [5.41, 5.74) is 1.94. The summed E-state index contributed by atoms with van der Waals surface area (Å²) in [6.45, 7) is 2.70. The number of hydrogen-bond donors (Lipinski definition) is 2. The van der Waals surface area contributed by atoms with Crippen molar-refractivity contribution in [2.45, 2.75) is 44.7 Å². The van der Waals surface area contributed by atoms with Gasteiger partial charge >= 0.3 is 0 Å². The molecule has 0 heterocycles. The summed E-state index contributed by atoms with van der Waals surface area (Å²) in [5.74, 6) is -1.72. The topological polar surface area (TPSA) is 108 Å². The number of benzene rings is 3. The van der Waals surface area contributed by atoms with Crippen molar-refractivity contribution in [1.29, 1.82) is 0 Å². The predicted molar refractivity (Wildman–Crippen MR) is 135 cm³/mol. The zero-order valence-electron chi connectivity index (χ0n) is 20.3. The minimum absolute atomic E-state index is 0.0357. The molecule has 0 radical (unpaired) electrons. The van der Waals surface area contributed by atoms with Crippen LogP contribution in [0.2, 0.25) is 0 Å². The van der Waals surface area contributed by atoms with Gasteiger partial charge in [0, 0.05) is 12.0 Å². The third-order valence-electron chi connectivity index (χ3n) is 5.67. The van der Waals surface area contributed by atoms with Crippen molar-refractivity contribution in [3.8, 4) is 5.75 Å². The molecular weight excluding hydrogens is 456 g/mol. The summed E-state index contributed by atoms with van der Waals surface area (Å²) in [7, 11) is 0. The van der Waals surface area contributed by atoms with Gasteiger partial charge in [0.2, 0.25) is 5.91 Å². The molecule has 0 unspecified atom stereocenters. The van der Waals surface area contributed by atoms with E-state index in [-0.39, 0.29) is 12.8 Å². The monoisotopic (exact) mass is 487 g/mol. The van der Waals surface area contributed by atoms with Gasteiger partial charge in [-0.3, -0.25) is 9.59 Å². The average molecular weight is 488 g/mol. The minimum Gasteiger partial charge on any atom is -0.548 e. The second kappa shape index (κ2) is 13.7. The van der Waals surface area contributed by atoms with E-state index in [1.807, 2.05) is 30.3 Å². The van der Waals surface area contributed by atoms with Crippen molar-refractivity contribution >= 4 is 17.8 Å². The van der Waals surface area contributed by atoms with Gasteiger partial charge in [-0.1, -0.05) is 74.0 Å². The Kier molecular flexibility index (Phi) is 10.1. The number of carboxylic acid groups (broad SMARTS) is 1. The van der Waals surface area contributed by atoms with Crippen LogP contribution in [0.1, 0.15) is 41.3 Å². The third-order valence-corrected chi connectivity index (χ3v) is 5.67. The van der Waals surface area contributed by atoms with E-state index in [4.69, 9.17) is 4.74 Å². The largest absolute Gasteiger partial charge is 0.548 e. The smallest absolute Gasteiger partial charge is 0.251 e. The van der Waals surface area contributed by atoms with E-state index in [2.05, 4.69) is 17.6 Å². The zero-order chi connectivity index (χ0) is 25.8. The molecule has 0 saturated carbocycles. The van der Waals surface area contributed by atoms with Gasteiger partial charge in [0.1, 0.15) is 11.8 Å². The number of ether oxygens (including phenoxy) is 1. The highest BCUT2D eigenvalue weighted by atomic mass is 16.5. The fourth-order valence-corrected chi connectivity index (χ4v) is 3.65. The second-order valence-corrected chi connectivity index (χ2v) is 8.51. The molecule has 0 bridgehead atoms. The van der Waals surface area contributed by atoms with Crippen molar-refractivity contribution < 1.29 is 24.2 Å². The van der Waals surface area contributed by atoms with Crippen molar-refractivity contribution in [3.63, 3.8) is 0 Å². The van der Waals surface area contributed by atoms with E-state index >= 15 is 0 Å². The Bertz CT molecular complexity index is 1120. The number of amides is 2. The molecule has 2 amide bonds. The van der Waals surface area contributed by atoms with Gasteiger partial charge in [0.25, 0.3) is 5.91 Å². The van der Waals surface area contributed by atoms with Gasteiger partial charge in [-0.25, -0.2) is 0 Å². The number of hydrogen-bond acceptors (Lipinski definition) is 5. The summed E-state index contributed by atoms with van der Waals surface area (Å²) in [6, 6.07) is 22.6. The van der Waals surface area contributed by atoms with Crippen LogP contribution in [0.4, 0.5) is 0 Å². The molecular formula is C29H31N2O5-. The summed E-state index contributed by atoms with van der Waals surface area (Å²) < 4.78 is 5.64. The number of rotatable bonds is 13. The van der Waals surface area contributed by atoms with Crippen molar-refractivity contribution in [1.82, 2.24) is 10.6 Å². The second-order valence-electron chi connectivity index (χ2n) is 8.51. The Morgan fingerprint density at radius 3 is 1.97 bits per heavy atom. The minimum atomic E-state index is -1.40. The van der Waals surface area contributed by atoms with Crippen LogP contribution in [-0.4, -0.2) is 36.5 Å². The zero-order valence-corrected chi connectivity index (χ0v) is 20.3. The number of carboxylic acids is 1. The molecule has 188 valence electrons. The number of nitrogens with one attached hydrogen (secondary N) is 2. The SMILES string of the molecule is CCCCOc1ccc(C[C@H](NC(=O)[C@H](Cc2ccccc2)NC(=O)c2ccccc2)C(=O)[O-])cc1. The molecule has 36 heavy (non-hydrogen) atoms. The highest BCUT2D eigenvalue weighted by Crippen LogP contribution is 2.14. The van der Waals surface area contributed by atoms with E-state index in [1.54, 1.807) is 54.6 Å². The fourth-order valence-electron chi connectivity index (χ4n) is 3.65. The lowest BCUT2D eigenvalue weighted by Gasteiger charge is -2.24. The number of carbonyl (C=O) groups is 3. The molecule has 0 aromatic heterocycles. The van der Waals surface area contributed by atoms with E-state index in [9.17, 15) is 19.5 Å². The average Bonchev–Trinajstić information content (AvgIpc) is 2.90. The lowest BCUT2D eigenvalue weighted by atomic mass is 10.0. The molecule has 0 saturated heterocycles. The molecule has 3 rings (SSSR count). The number of carbonyl (C=O) groups excluding carboxylic acids is 3. The summed E-state index contributed by atoms with van der Waals surface area (Å²) in [4.78, 5) is 37.8. The maximum absolute atomic E-state index is 13.2. The molecule has 2 N–H and O–H groups in total. The Morgan fingerprint density at radius 2 is 1.36 bits per heavy atom. The van der Waals surface area contributed by atoms with E-state index in [1.165, 1.54) is 0 Å². The first-order chi connectivity index (χ1) is 17.5. The first-order valence-corrected chi connectivity index (χ1v) is 12.1. The Morgan fingerprint density at radius 1 is 0.778 bits per heavy atom. The fraction of sp³-hybridized carbons (Fsp3) is 0.276. The third kappa shape index (κ3) is 8.27. The molecule has 3 aromatic carbocycles. The summed E-state index contributed by atoms with van der Waals surface area (Å²) in [5, 5.41) is 17.2. The number of unbranched alkanes of at least 4 members (excludes halogenated alkanes) is 1. The quantitative estimate of drug-likeness (QED) is 0.361. The van der Waals surface area contributed by atoms with Crippen LogP contribution in [0.5, 0.6) is 5.75 Å². The van der Waals surface area contributed by atoms with E-state index in [0.717, 1.165) is 18.4 Å². The van der Waals surface area contributed by atoms with Gasteiger partial charge in [-0.15, -0.1) is 0 Å². The molecule has 7 nitrogen and oxygen atoms in total. The standard InChI is InChI=1S/C29H32N2O5/c1-2-3-18-36-24-16-14-22(15-17-24)20-26(29(34)35)31-28(33)25(19-21-10-6-4-7-11-21)30-27(32)23-12-8-5-9-13-23/h4-17,25-26H,2-3,18-20H2,1H3,(H,30,32)(H,31,33)(H,34,35)/p-1/t25-,26-/m0/s1. The first kappa shape index (κ1) is 26.5. The van der Waals surface area contributed by atoms with E-state index in [0.29, 0.717) is 23.5 Å². The molecule has 0 aliphatic heterocycles. The molecule has 2 atom stereocenters. The van der Waals surface area contributed by atoms with Crippen LogP contribution < -0.4 is 20.5 Å². The maximum Gasteiger partial charge on any atom is 0.251 e. The highest BCUT2D eigenvalue weighted by Gasteiger charge is 2.25. The summed E-state index contributed by atoms with van der Waals surface area (Å²) >= 11 is 0. The lowest BCUT2D eigenvalue weighted by molar-refractivity contribution is -0.308. The predicted octanol–water partition coefficient (Wildman–Crippen LogP) is 2.68. The Balaban J connectivity index is 1.70. The van der Waals surface area contributed by atoms with Crippen LogP contribution in [-0.2, 0) is 22.4 Å². The van der Waals surface area contributed by atoms with Gasteiger partial charge in [-0.2, -0.15) is 0 Å². The lowest BCUT2D eigenvalue weighted by Crippen LogP contribution is -2.55. The van der Waals surface area contributed by atoms with Gasteiger partial charge < -0.3 is 25.3 Å². The maximum atomic E-state index is 13.2. The Hall–Kier alpha value is -4.13. The molecule has 0 fully saturated rings. The molecule has 0 spiro atoms. The Labute approximate surface area is 211 Å². The van der Waals surface area contributed by atoms with Gasteiger partial charge in [0.05, 0.1) is 18.6 Å². The van der Waals surface area contributed by atoms with Gasteiger partial charge in [-0.05, 0) is 48.2 Å². The summed E-state index contributed by atoms with van der Waals surface area (Å²) in [6.07, 6.45) is 2.22. The molecule has 0 aliphatic carbocycles. The van der Waals surface area contributed by atoms with Crippen LogP contribution in [0.25, 0.3) is 0 Å². The van der Waals surface area contributed by atoms with Gasteiger partial charge in [0.15, 0.2) is 0 Å². The number of aliphatic carboxylic acids is 1.